The van der Waals surface area contributed by atoms with E-state index in [1.165, 1.54) is 12.1 Å². The molecule has 0 spiro atoms. The summed E-state index contributed by atoms with van der Waals surface area (Å²) in [6, 6.07) is 16.7. The monoisotopic (exact) mass is 366 g/mol. The summed E-state index contributed by atoms with van der Waals surface area (Å²) in [6.45, 7) is 0. The molecule has 0 aromatic heterocycles. The molecule has 0 fully saturated rings. The predicted octanol–water partition coefficient (Wildman–Crippen LogP) is 4.07. The maximum atomic E-state index is 11.6. The second kappa shape index (κ2) is 7.42. The number of hydrogen-bond donors (Lipinski definition) is 2. The molecule has 0 aliphatic rings. The van der Waals surface area contributed by atoms with Crippen molar-refractivity contribution in [1.82, 2.24) is 0 Å². The Hall–Kier alpha value is -3.11. The second-order valence-electron chi connectivity index (χ2n) is 5.28. The third-order valence-corrected chi connectivity index (χ3v) is 4.30. The minimum absolute atomic E-state index is 0.0308. The number of hydrogen-bond acceptors (Lipinski definition) is 7. The largest absolute Gasteiger partial charge is 0.486 e. The van der Waals surface area contributed by atoms with Crippen LogP contribution in [0.1, 0.15) is 0 Å². The molecule has 0 aliphatic heterocycles. The van der Waals surface area contributed by atoms with E-state index < -0.39 is 10.1 Å². The molecule has 0 saturated heterocycles. The van der Waals surface area contributed by atoms with Crippen LogP contribution in [0.5, 0.6) is 0 Å². The molecule has 0 bridgehead atoms. The third-order valence-electron chi connectivity index (χ3n) is 3.42. The van der Waals surface area contributed by atoms with Crippen LogP contribution in [0.15, 0.2) is 85.8 Å². The van der Waals surface area contributed by atoms with Crippen LogP contribution in [0, 0.1) is 0 Å². The van der Waals surface area contributed by atoms with Crippen molar-refractivity contribution in [2.45, 2.75) is 4.90 Å². The fourth-order valence-electron chi connectivity index (χ4n) is 2.27. The van der Waals surface area contributed by atoms with E-state index in [2.05, 4.69) is 20.3 Å². The van der Waals surface area contributed by atoms with Crippen LogP contribution in [0.4, 0.5) is 17.1 Å². The first-order chi connectivity index (χ1) is 12.4. The van der Waals surface area contributed by atoms with Gasteiger partial charge in [-0.2, -0.15) is 18.6 Å². The maximum absolute atomic E-state index is 11.6. The van der Waals surface area contributed by atoms with Crippen LogP contribution < -0.4 is 5.73 Å². The standard InChI is InChI=1S/C16H13BN5O3S/c18-13-7-6-11-10-16(26(23,24)25)15(9-12(11)8-13)20-22-17-21-19-14-4-2-1-3-5-14/h1-10H,18H2,(H,23,24,25). The van der Waals surface area contributed by atoms with Gasteiger partial charge in [0.15, 0.2) is 0 Å². The molecule has 0 aliphatic carbocycles. The lowest BCUT2D eigenvalue weighted by Crippen LogP contribution is -1.98. The number of nitrogens with zero attached hydrogens (tertiary/aromatic N) is 4. The molecule has 0 amide bonds. The van der Waals surface area contributed by atoms with Crippen LogP contribution >= 0.6 is 0 Å². The van der Waals surface area contributed by atoms with Crippen molar-refractivity contribution in [3.63, 3.8) is 0 Å². The van der Waals surface area contributed by atoms with Gasteiger partial charge in [0.05, 0.1) is 5.69 Å². The van der Waals surface area contributed by atoms with Gasteiger partial charge in [0.25, 0.3) is 10.1 Å². The Bertz CT molecular complexity index is 1100. The zero-order chi connectivity index (χ0) is 18.6. The van der Waals surface area contributed by atoms with Gasteiger partial charge in [0, 0.05) is 5.69 Å². The van der Waals surface area contributed by atoms with Gasteiger partial charge in [0.1, 0.15) is 10.6 Å². The quantitative estimate of drug-likeness (QED) is 0.305. The molecule has 10 heteroatoms. The van der Waals surface area contributed by atoms with Gasteiger partial charge in [0.2, 0.25) is 0 Å². The maximum Gasteiger partial charge on any atom is 0.486 e. The van der Waals surface area contributed by atoms with E-state index >= 15 is 0 Å². The predicted molar refractivity (Wildman–Crippen MR) is 99.4 cm³/mol. The zero-order valence-electron chi connectivity index (χ0n) is 13.4. The molecule has 129 valence electrons. The van der Waals surface area contributed by atoms with Crippen molar-refractivity contribution >= 4 is 45.5 Å². The average Bonchev–Trinajstić information content (AvgIpc) is 2.60. The lowest BCUT2D eigenvalue weighted by Gasteiger charge is -2.05. The average molecular weight is 366 g/mol. The Balaban J connectivity index is 1.89. The number of fused-ring (bicyclic) bond motifs is 1. The number of benzene rings is 3. The highest BCUT2D eigenvalue weighted by atomic mass is 32.2. The molecule has 3 aromatic rings. The van der Waals surface area contributed by atoms with E-state index in [0.717, 1.165) is 7.55 Å². The Morgan fingerprint density at radius 2 is 1.62 bits per heavy atom. The number of anilines is 1. The van der Waals surface area contributed by atoms with Crippen LogP contribution in [-0.4, -0.2) is 20.5 Å². The summed E-state index contributed by atoms with van der Waals surface area (Å²) in [4.78, 5) is -0.355. The molecular weight excluding hydrogens is 353 g/mol. The summed E-state index contributed by atoms with van der Waals surface area (Å²) in [5, 5.41) is 16.4. The molecule has 0 atom stereocenters. The van der Waals surface area contributed by atoms with Gasteiger partial charge in [-0.15, -0.1) is 0 Å². The van der Waals surface area contributed by atoms with Gasteiger partial charge in [-0.05, 0) is 47.2 Å². The topological polar surface area (TPSA) is 130 Å². The molecule has 8 nitrogen and oxygen atoms in total. The number of nitrogen functional groups attached to an aromatic ring is 1. The molecule has 0 saturated carbocycles. The van der Waals surface area contributed by atoms with Crippen molar-refractivity contribution in [2.75, 3.05) is 5.73 Å². The summed E-state index contributed by atoms with van der Waals surface area (Å²) in [5.41, 5.74) is 6.86. The van der Waals surface area contributed by atoms with E-state index in [1.807, 2.05) is 18.2 Å². The van der Waals surface area contributed by atoms with Crippen LogP contribution in [-0.2, 0) is 10.1 Å². The number of nitrogens with two attached hydrogens (primary N) is 1. The third kappa shape index (κ3) is 4.29. The van der Waals surface area contributed by atoms with Crippen molar-refractivity contribution in [1.29, 1.82) is 0 Å². The summed E-state index contributed by atoms with van der Waals surface area (Å²) in [7, 11) is -3.40. The fourth-order valence-corrected chi connectivity index (χ4v) is 2.91. The minimum Gasteiger partial charge on any atom is -0.399 e. The molecule has 0 heterocycles. The molecular formula is C16H13BN5O3S. The van der Waals surface area contributed by atoms with E-state index in [0.29, 0.717) is 22.1 Å². The van der Waals surface area contributed by atoms with E-state index in [-0.39, 0.29) is 10.6 Å². The highest BCUT2D eigenvalue weighted by Crippen LogP contribution is 2.31. The highest BCUT2D eigenvalue weighted by Gasteiger charge is 2.17. The van der Waals surface area contributed by atoms with E-state index in [1.54, 1.807) is 30.3 Å². The SMILES string of the molecule is Nc1ccc2cc(S(=O)(=O)O)c(N=N[B]N=Nc3ccccc3)cc2c1. The Kier molecular flexibility index (Phi) is 5.05. The highest BCUT2D eigenvalue weighted by molar-refractivity contribution is 7.86. The van der Waals surface area contributed by atoms with E-state index in [4.69, 9.17) is 5.73 Å². The lowest BCUT2D eigenvalue weighted by molar-refractivity contribution is 0.483. The molecule has 1 radical (unpaired) electrons. The Labute approximate surface area is 150 Å². The van der Waals surface area contributed by atoms with Crippen LogP contribution in [0.3, 0.4) is 0 Å². The van der Waals surface area contributed by atoms with Gasteiger partial charge >= 0.3 is 7.55 Å². The van der Waals surface area contributed by atoms with Crippen molar-refractivity contribution < 1.29 is 13.0 Å². The molecule has 3 N–H and O–H groups in total. The summed E-state index contributed by atoms with van der Waals surface area (Å²) >= 11 is 0. The van der Waals surface area contributed by atoms with Crippen LogP contribution in [0.2, 0.25) is 0 Å². The van der Waals surface area contributed by atoms with Gasteiger partial charge in [-0.3, -0.25) is 4.55 Å². The minimum atomic E-state index is -4.47. The van der Waals surface area contributed by atoms with Gasteiger partial charge in [-0.1, -0.05) is 24.3 Å². The number of rotatable bonds is 5. The Morgan fingerprint density at radius 3 is 2.35 bits per heavy atom. The summed E-state index contributed by atoms with van der Waals surface area (Å²) in [6.07, 6.45) is 0. The molecule has 3 aromatic carbocycles. The van der Waals surface area contributed by atoms with Gasteiger partial charge < -0.3 is 5.73 Å². The summed E-state index contributed by atoms with van der Waals surface area (Å²) in [5.74, 6) is 0. The Morgan fingerprint density at radius 1 is 0.885 bits per heavy atom. The normalized spacial score (nSPS) is 12.2. The zero-order valence-corrected chi connectivity index (χ0v) is 14.2. The molecule has 3 rings (SSSR count). The fraction of sp³-hybridized carbons (Fsp3) is 0. The van der Waals surface area contributed by atoms with Crippen LogP contribution in [0.25, 0.3) is 10.8 Å². The van der Waals surface area contributed by atoms with Crippen molar-refractivity contribution in [2.24, 2.45) is 20.3 Å². The first kappa shape index (κ1) is 17.7. The molecule has 0 unspecified atom stereocenters. The van der Waals surface area contributed by atoms with E-state index in [9.17, 15) is 13.0 Å². The first-order valence-electron chi connectivity index (χ1n) is 7.43. The lowest BCUT2D eigenvalue weighted by atomic mass is 10.1. The second-order valence-corrected chi connectivity index (χ2v) is 6.67. The summed E-state index contributed by atoms with van der Waals surface area (Å²) < 4.78 is 32.7. The smallest absolute Gasteiger partial charge is 0.399 e. The first-order valence-corrected chi connectivity index (χ1v) is 8.87. The van der Waals surface area contributed by atoms with Gasteiger partial charge in [-0.25, -0.2) is 10.1 Å². The molecule has 26 heavy (non-hydrogen) atoms. The van der Waals surface area contributed by atoms with Crippen molar-refractivity contribution in [3.05, 3.63) is 60.7 Å². The van der Waals surface area contributed by atoms with Crippen molar-refractivity contribution in [3.8, 4) is 0 Å².